The molecular formula is C9H13NS. The molecule has 0 unspecified atom stereocenters. The van der Waals surface area contributed by atoms with Crippen molar-refractivity contribution in [2.45, 2.75) is 4.90 Å². The molecule has 0 radical (unpaired) electrons. The summed E-state index contributed by atoms with van der Waals surface area (Å²) in [4.78, 5) is 2.18. The van der Waals surface area contributed by atoms with E-state index >= 15 is 0 Å². The molecule has 1 aromatic carbocycles. The summed E-state index contributed by atoms with van der Waals surface area (Å²) in [6.45, 7) is -2.66. The Bertz CT molecular complexity index is 293. The van der Waals surface area contributed by atoms with Crippen molar-refractivity contribution in [2.75, 3.05) is 25.2 Å². The molecular weight excluding hydrogens is 156 g/mol. The van der Waals surface area contributed by atoms with E-state index in [1.165, 1.54) is 0 Å². The van der Waals surface area contributed by atoms with Crippen LogP contribution in [0.25, 0.3) is 0 Å². The Morgan fingerprint density at radius 2 is 1.91 bits per heavy atom. The van der Waals surface area contributed by atoms with Crippen LogP contribution in [0.4, 0.5) is 5.69 Å². The largest absolute Gasteiger partial charge is 0.378 e. The van der Waals surface area contributed by atoms with Gasteiger partial charge in [-0.25, -0.2) is 0 Å². The van der Waals surface area contributed by atoms with Gasteiger partial charge in [-0.05, 0) is 30.5 Å². The number of thioether (sulfide) groups is 1. The smallest absolute Gasteiger partial charge is 0.0456 e. The highest BCUT2D eigenvalue weighted by Crippen LogP contribution is 2.18. The molecule has 0 aliphatic rings. The van der Waals surface area contributed by atoms with Crippen LogP contribution in [0.2, 0.25) is 0 Å². The lowest BCUT2D eigenvalue weighted by Crippen LogP contribution is -2.07. The van der Waals surface area contributed by atoms with Gasteiger partial charge in [0.05, 0.1) is 0 Å². The van der Waals surface area contributed by atoms with Crippen LogP contribution >= 0.6 is 11.8 Å². The van der Waals surface area contributed by atoms with E-state index in [9.17, 15) is 0 Å². The van der Waals surface area contributed by atoms with Crippen molar-refractivity contribution in [3.63, 3.8) is 0 Å². The standard InChI is InChI=1S/C9H13NS/c1-10(2)8-4-6-9(11-3)7-5-8/h4-7H,1-3H3/i1+1D2,2+1D2. The number of hydrogen-bond donors (Lipinski definition) is 0. The van der Waals surface area contributed by atoms with Crippen molar-refractivity contribution in [1.82, 2.24) is 0 Å². The first-order valence-corrected chi connectivity index (χ1v) is 4.40. The Labute approximate surface area is 78.0 Å². The summed E-state index contributed by atoms with van der Waals surface area (Å²) in [6.07, 6.45) is 1.96. The first kappa shape index (κ1) is 4.41. The van der Waals surface area contributed by atoms with E-state index in [0.29, 0.717) is 5.69 Å². The SMILES string of the molecule is [2H][13CH]([2H])N(c1ccc(SC)cc1)[13CH]([2H])[2H]. The Hall–Kier alpha value is -0.630. The first-order valence-electron chi connectivity index (χ1n) is 5.48. The van der Waals surface area contributed by atoms with E-state index in [4.69, 9.17) is 5.48 Å². The van der Waals surface area contributed by atoms with Gasteiger partial charge in [-0.1, -0.05) is 0 Å². The molecule has 0 saturated heterocycles. The topological polar surface area (TPSA) is 3.24 Å². The van der Waals surface area contributed by atoms with Gasteiger partial charge in [-0.15, -0.1) is 11.8 Å². The fourth-order valence-corrected chi connectivity index (χ4v) is 1.16. The van der Waals surface area contributed by atoms with E-state index in [-0.39, 0.29) is 0 Å². The van der Waals surface area contributed by atoms with E-state index in [1.807, 2.05) is 18.4 Å². The van der Waals surface area contributed by atoms with Gasteiger partial charge in [0.1, 0.15) is 0 Å². The zero-order chi connectivity index (χ0) is 11.4. The summed E-state index contributed by atoms with van der Waals surface area (Å²) in [6, 6.07) is 7.19. The van der Waals surface area contributed by atoms with Crippen molar-refractivity contribution < 1.29 is 5.48 Å². The lowest BCUT2D eigenvalue weighted by molar-refractivity contribution is 1.13. The Morgan fingerprint density at radius 1 is 1.27 bits per heavy atom. The molecule has 0 fully saturated rings. The van der Waals surface area contributed by atoms with Gasteiger partial charge in [0.25, 0.3) is 0 Å². The highest BCUT2D eigenvalue weighted by molar-refractivity contribution is 7.98. The number of nitrogens with zero attached hydrogens (tertiary/aromatic N) is 1. The number of rotatable bonds is 2. The average molecular weight is 173 g/mol. The lowest BCUT2D eigenvalue weighted by Gasteiger charge is -2.11. The third-order valence-electron chi connectivity index (χ3n) is 1.37. The molecule has 2 heteroatoms. The van der Waals surface area contributed by atoms with Gasteiger partial charge in [-0.2, -0.15) is 0 Å². The molecule has 0 heterocycles. The quantitative estimate of drug-likeness (QED) is 0.499. The minimum absolute atomic E-state index is 0.567. The summed E-state index contributed by atoms with van der Waals surface area (Å²) in [5.41, 5.74) is 0.567. The lowest BCUT2D eigenvalue weighted by atomic mass is 10.3. The zero-order valence-corrected chi connectivity index (χ0v) is 7.14. The predicted octanol–water partition coefficient (Wildman–Crippen LogP) is 2.47. The zero-order valence-electron chi connectivity index (χ0n) is 10.3. The summed E-state index contributed by atoms with van der Waals surface area (Å²) >= 11 is 1.60. The molecule has 1 aromatic rings. The molecule has 0 saturated carbocycles. The summed E-state index contributed by atoms with van der Waals surface area (Å²) in [5, 5.41) is 0. The maximum Gasteiger partial charge on any atom is 0.0456 e. The Kier molecular flexibility index (Phi) is 1.47. The Balaban J connectivity index is 2.92. The number of anilines is 1. The number of benzene rings is 1. The van der Waals surface area contributed by atoms with Gasteiger partial charge in [0.15, 0.2) is 0 Å². The molecule has 0 bridgehead atoms. The first-order chi connectivity index (χ1) is 7.06. The Morgan fingerprint density at radius 3 is 2.36 bits per heavy atom. The minimum Gasteiger partial charge on any atom is -0.378 e. The molecule has 0 aromatic heterocycles. The predicted molar refractivity (Wildman–Crippen MR) is 52.6 cm³/mol. The van der Waals surface area contributed by atoms with Crippen LogP contribution in [0.3, 0.4) is 0 Å². The van der Waals surface area contributed by atoms with Crippen LogP contribution in [0.5, 0.6) is 0 Å². The van der Waals surface area contributed by atoms with Crippen LogP contribution in [-0.4, -0.2) is 20.3 Å². The van der Waals surface area contributed by atoms with Crippen LogP contribution in [0, 0.1) is 0 Å². The molecule has 0 spiro atoms. The maximum atomic E-state index is 7.25. The van der Waals surface area contributed by atoms with Gasteiger partial charge in [0.2, 0.25) is 0 Å². The van der Waals surface area contributed by atoms with Crippen molar-refractivity contribution in [3.05, 3.63) is 24.3 Å². The molecule has 0 aliphatic carbocycles. The van der Waals surface area contributed by atoms with Crippen LogP contribution in [-0.2, 0) is 0 Å². The van der Waals surface area contributed by atoms with Gasteiger partial charge < -0.3 is 4.90 Å². The van der Waals surface area contributed by atoms with E-state index < -0.39 is 14.0 Å². The second kappa shape index (κ2) is 3.67. The molecule has 0 N–H and O–H groups in total. The second-order valence-corrected chi connectivity index (χ2v) is 2.98. The molecule has 60 valence electrons. The van der Waals surface area contributed by atoms with Crippen molar-refractivity contribution in [2.24, 2.45) is 0 Å². The highest BCUT2D eigenvalue weighted by atomic mass is 32.2. The highest BCUT2D eigenvalue weighted by Gasteiger charge is 1.93. The molecule has 0 atom stereocenters. The third kappa shape index (κ3) is 2.15. The van der Waals surface area contributed by atoms with Gasteiger partial charge in [0, 0.05) is 30.1 Å². The van der Waals surface area contributed by atoms with Crippen molar-refractivity contribution in [1.29, 1.82) is 0 Å². The maximum absolute atomic E-state index is 7.25. The van der Waals surface area contributed by atoms with Crippen LogP contribution in [0.15, 0.2) is 29.2 Å². The average Bonchev–Trinajstić information content (AvgIpc) is 2.18. The van der Waals surface area contributed by atoms with Crippen LogP contribution in [0.1, 0.15) is 5.48 Å². The molecule has 11 heavy (non-hydrogen) atoms. The van der Waals surface area contributed by atoms with E-state index in [0.717, 1.165) is 9.80 Å². The fourth-order valence-electron chi connectivity index (χ4n) is 0.754. The van der Waals surface area contributed by atoms with Crippen LogP contribution < -0.4 is 4.90 Å². The number of hydrogen-bond acceptors (Lipinski definition) is 2. The second-order valence-electron chi connectivity index (χ2n) is 2.11. The summed E-state index contributed by atoms with van der Waals surface area (Å²) < 4.78 is 29.0. The summed E-state index contributed by atoms with van der Waals surface area (Å²) in [5.74, 6) is 0. The third-order valence-corrected chi connectivity index (χ3v) is 2.11. The van der Waals surface area contributed by atoms with Crippen molar-refractivity contribution >= 4 is 17.4 Å². The molecule has 1 nitrogen and oxygen atoms in total. The van der Waals surface area contributed by atoms with Gasteiger partial charge >= 0.3 is 0 Å². The van der Waals surface area contributed by atoms with Crippen molar-refractivity contribution in [3.8, 4) is 0 Å². The molecule has 1 rings (SSSR count). The molecule has 0 amide bonds. The van der Waals surface area contributed by atoms with Gasteiger partial charge in [-0.3, -0.25) is 0 Å². The monoisotopic (exact) mass is 173 g/mol. The normalized spacial score (nSPS) is 15.5. The summed E-state index contributed by atoms with van der Waals surface area (Å²) in [7, 11) is 0. The fraction of sp³-hybridized carbons (Fsp3) is 0.333. The minimum atomic E-state index is -1.33. The van der Waals surface area contributed by atoms with E-state index in [2.05, 4.69) is 0 Å². The van der Waals surface area contributed by atoms with E-state index in [1.54, 1.807) is 23.9 Å². The molecule has 0 aliphatic heterocycles.